The standard InChI is InChI=1S/C12H16F4N/c1-4-17(5-2,6-3)9-7-8(13)10(14)12(16)11(9)15/h7H,4-6H2,1-3H3/q+1. The molecule has 5 heteroatoms. The number of halogens is 4. The van der Waals surface area contributed by atoms with Crippen LogP contribution in [-0.4, -0.2) is 19.6 Å². The van der Waals surface area contributed by atoms with Crippen molar-refractivity contribution in [3.63, 3.8) is 0 Å². The second-order valence-corrected chi connectivity index (χ2v) is 3.91. The molecule has 96 valence electrons. The molecule has 0 heterocycles. The van der Waals surface area contributed by atoms with Gasteiger partial charge in [0.05, 0.1) is 19.6 Å². The van der Waals surface area contributed by atoms with Crippen LogP contribution in [0.1, 0.15) is 20.8 Å². The zero-order valence-corrected chi connectivity index (χ0v) is 10.2. The fourth-order valence-electron chi connectivity index (χ4n) is 2.09. The Morgan fingerprint density at radius 1 is 0.824 bits per heavy atom. The van der Waals surface area contributed by atoms with Crippen LogP contribution in [0, 0.1) is 23.3 Å². The molecular weight excluding hydrogens is 234 g/mol. The van der Waals surface area contributed by atoms with Crippen LogP contribution in [0.25, 0.3) is 0 Å². The van der Waals surface area contributed by atoms with Gasteiger partial charge in [0.1, 0.15) is 0 Å². The summed E-state index contributed by atoms with van der Waals surface area (Å²) in [6.07, 6.45) is 0. The van der Waals surface area contributed by atoms with Crippen LogP contribution in [0.15, 0.2) is 6.07 Å². The monoisotopic (exact) mass is 250 g/mol. The summed E-state index contributed by atoms with van der Waals surface area (Å²) in [5.74, 6) is -6.14. The van der Waals surface area contributed by atoms with Gasteiger partial charge < -0.3 is 0 Å². The Kier molecular flexibility index (Phi) is 4.14. The van der Waals surface area contributed by atoms with Crippen LogP contribution in [0.3, 0.4) is 0 Å². The number of benzene rings is 1. The van der Waals surface area contributed by atoms with Gasteiger partial charge in [0.2, 0.25) is 11.6 Å². The van der Waals surface area contributed by atoms with Crippen LogP contribution < -0.4 is 4.48 Å². The quantitative estimate of drug-likeness (QED) is 0.331. The van der Waals surface area contributed by atoms with Crippen LogP contribution in [-0.2, 0) is 0 Å². The van der Waals surface area contributed by atoms with Crippen molar-refractivity contribution >= 4 is 5.69 Å². The molecule has 0 spiro atoms. The Morgan fingerprint density at radius 3 is 1.71 bits per heavy atom. The van der Waals surface area contributed by atoms with Gasteiger partial charge in [-0.25, -0.2) is 13.2 Å². The van der Waals surface area contributed by atoms with Gasteiger partial charge in [-0.15, -0.1) is 0 Å². The molecule has 0 radical (unpaired) electrons. The normalized spacial score (nSPS) is 11.9. The van der Waals surface area contributed by atoms with Crippen molar-refractivity contribution < 1.29 is 17.6 Å². The molecule has 0 aromatic heterocycles. The molecule has 1 rings (SSSR count). The third kappa shape index (κ3) is 2.16. The Labute approximate surface area is 98.3 Å². The molecule has 1 aromatic rings. The lowest BCUT2D eigenvalue weighted by atomic mass is 10.2. The summed E-state index contributed by atoms with van der Waals surface area (Å²) in [7, 11) is 0. The molecule has 0 atom stereocenters. The lowest BCUT2D eigenvalue weighted by Crippen LogP contribution is -2.49. The maximum absolute atomic E-state index is 13.7. The molecule has 0 saturated carbocycles. The molecule has 0 unspecified atom stereocenters. The van der Waals surface area contributed by atoms with Gasteiger partial charge in [-0.2, -0.15) is 4.39 Å². The summed E-state index contributed by atoms with van der Waals surface area (Å²) < 4.78 is 53.0. The lowest BCUT2D eigenvalue weighted by Gasteiger charge is -2.35. The first-order chi connectivity index (χ1) is 7.93. The van der Waals surface area contributed by atoms with E-state index in [2.05, 4.69) is 0 Å². The lowest BCUT2D eigenvalue weighted by molar-refractivity contribution is 0.294. The van der Waals surface area contributed by atoms with Crippen molar-refractivity contribution in [2.24, 2.45) is 0 Å². The first kappa shape index (κ1) is 14.0. The molecule has 17 heavy (non-hydrogen) atoms. The maximum atomic E-state index is 13.7. The number of quaternary nitrogens is 1. The van der Waals surface area contributed by atoms with Crippen LogP contribution >= 0.6 is 0 Å². The zero-order valence-electron chi connectivity index (χ0n) is 10.2. The third-order valence-electron chi connectivity index (χ3n) is 3.41. The number of hydrogen-bond donors (Lipinski definition) is 0. The smallest absolute Gasteiger partial charge is 0.222 e. The highest BCUT2D eigenvalue weighted by Gasteiger charge is 2.33. The van der Waals surface area contributed by atoms with Gasteiger partial charge in [0.15, 0.2) is 17.3 Å². The maximum Gasteiger partial charge on any atom is 0.222 e. The van der Waals surface area contributed by atoms with Gasteiger partial charge in [0, 0.05) is 6.07 Å². The van der Waals surface area contributed by atoms with E-state index in [0.717, 1.165) is 6.07 Å². The summed E-state index contributed by atoms with van der Waals surface area (Å²) in [5.41, 5.74) is -0.131. The Bertz CT molecular complexity index is 405. The Morgan fingerprint density at radius 2 is 1.29 bits per heavy atom. The molecular formula is C12H16F4N+. The Balaban J connectivity index is 3.50. The summed E-state index contributed by atoms with van der Waals surface area (Å²) >= 11 is 0. The minimum atomic E-state index is -1.76. The van der Waals surface area contributed by atoms with Gasteiger partial charge >= 0.3 is 0 Å². The second-order valence-electron chi connectivity index (χ2n) is 3.91. The number of rotatable bonds is 4. The van der Waals surface area contributed by atoms with Crippen LogP contribution in [0.4, 0.5) is 23.2 Å². The average Bonchev–Trinajstić information content (AvgIpc) is 2.35. The van der Waals surface area contributed by atoms with E-state index in [1.54, 1.807) is 20.8 Å². The summed E-state index contributed by atoms with van der Waals surface area (Å²) in [6.45, 7) is 6.83. The summed E-state index contributed by atoms with van der Waals surface area (Å²) in [6, 6.07) is 0.754. The molecule has 0 aliphatic rings. The highest BCUT2D eigenvalue weighted by Crippen LogP contribution is 2.30. The summed E-state index contributed by atoms with van der Waals surface area (Å²) in [5, 5.41) is 0. The molecule has 0 N–H and O–H groups in total. The van der Waals surface area contributed by atoms with Gasteiger partial charge in [-0.3, -0.25) is 4.48 Å². The molecule has 0 fully saturated rings. The minimum Gasteiger partial charge on any atom is -0.289 e. The molecule has 0 saturated heterocycles. The van der Waals surface area contributed by atoms with E-state index in [9.17, 15) is 17.6 Å². The van der Waals surface area contributed by atoms with E-state index >= 15 is 0 Å². The average molecular weight is 250 g/mol. The predicted octanol–water partition coefficient (Wildman–Crippen LogP) is 3.61. The molecule has 0 amide bonds. The largest absolute Gasteiger partial charge is 0.289 e. The van der Waals surface area contributed by atoms with Gasteiger partial charge in [-0.1, -0.05) is 0 Å². The van der Waals surface area contributed by atoms with E-state index in [1.807, 2.05) is 0 Å². The summed E-state index contributed by atoms with van der Waals surface area (Å²) in [4.78, 5) is 0. The van der Waals surface area contributed by atoms with E-state index < -0.39 is 23.3 Å². The molecule has 0 aliphatic carbocycles. The molecule has 1 aromatic carbocycles. The highest BCUT2D eigenvalue weighted by atomic mass is 19.2. The zero-order chi connectivity index (χ0) is 13.2. The minimum absolute atomic E-state index is 0.0833. The fourth-order valence-corrected chi connectivity index (χ4v) is 2.09. The topological polar surface area (TPSA) is 0 Å². The fraction of sp³-hybridized carbons (Fsp3) is 0.500. The first-order valence-corrected chi connectivity index (χ1v) is 5.63. The van der Waals surface area contributed by atoms with Gasteiger partial charge in [-0.05, 0) is 20.8 Å². The van der Waals surface area contributed by atoms with Crippen molar-refractivity contribution in [3.8, 4) is 0 Å². The first-order valence-electron chi connectivity index (χ1n) is 5.63. The van der Waals surface area contributed by atoms with Crippen molar-refractivity contribution in [2.75, 3.05) is 19.6 Å². The van der Waals surface area contributed by atoms with E-state index in [1.165, 1.54) is 0 Å². The number of nitrogens with zero attached hydrogens (tertiary/aromatic N) is 1. The molecule has 0 aliphatic heterocycles. The SMILES string of the molecule is CC[N+](CC)(CC)c1cc(F)c(F)c(F)c1F. The van der Waals surface area contributed by atoms with E-state index in [4.69, 9.17) is 0 Å². The van der Waals surface area contributed by atoms with Crippen molar-refractivity contribution in [1.82, 2.24) is 4.48 Å². The van der Waals surface area contributed by atoms with E-state index in [-0.39, 0.29) is 10.2 Å². The van der Waals surface area contributed by atoms with Crippen molar-refractivity contribution in [3.05, 3.63) is 29.3 Å². The highest BCUT2D eigenvalue weighted by molar-refractivity contribution is 5.45. The molecule has 0 bridgehead atoms. The predicted molar refractivity (Wildman–Crippen MR) is 59.7 cm³/mol. The van der Waals surface area contributed by atoms with Crippen molar-refractivity contribution in [1.29, 1.82) is 0 Å². The second kappa shape index (κ2) is 5.04. The van der Waals surface area contributed by atoms with Crippen molar-refractivity contribution in [2.45, 2.75) is 20.8 Å². The van der Waals surface area contributed by atoms with E-state index in [0.29, 0.717) is 19.6 Å². The molecule has 1 nitrogen and oxygen atoms in total. The van der Waals surface area contributed by atoms with Gasteiger partial charge in [0.25, 0.3) is 0 Å². The number of hydrogen-bond acceptors (Lipinski definition) is 0. The van der Waals surface area contributed by atoms with Crippen LogP contribution in [0.2, 0.25) is 0 Å². The van der Waals surface area contributed by atoms with Crippen LogP contribution in [0.5, 0.6) is 0 Å². The third-order valence-corrected chi connectivity index (χ3v) is 3.41. The Hall–Kier alpha value is -1.10.